The molecule has 0 saturated heterocycles. The van der Waals surface area contributed by atoms with Crippen LogP contribution in [0, 0.1) is 35.5 Å². The quantitative estimate of drug-likeness (QED) is 0.199. The van der Waals surface area contributed by atoms with E-state index in [-0.39, 0.29) is 0 Å². The molecule has 13 rings (SSSR count). The van der Waals surface area contributed by atoms with Gasteiger partial charge >= 0.3 is 0 Å². The average Bonchev–Trinajstić information content (AvgIpc) is 3.42. The number of nitrogens with zero attached hydrogens (tertiary/aromatic N) is 1. The minimum absolute atomic E-state index is 0.423. The van der Waals surface area contributed by atoms with E-state index in [1.807, 2.05) is 0 Å². The topological polar surface area (TPSA) is 16.4 Å². The van der Waals surface area contributed by atoms with E-state index in [4.69, 9.17) is 4.42 Å². The lowest BCUT2D eigenvalue weighted by Crippen LogP contribution is -2.48. The number of rotatable bonds is 5. The molecule has 8 aliphatic carbocycles. The van der Waals surface area contributed by atoms with Gasteiger partial charge in [-0.1, -0.05) is 42.5 Å². The first kappa shape index (κ1) is 26.5. The van der Waals surface area contributed by atoms with E-state index in [9.17, 15) is 0 Å². The predicted octanol–water partition coefficient (Wildman–Crippen LogP) is 12.0. The zero-order chi connectivity index (χ0) is 30.0. The second kappa shape index (κ2) is 9.52. The SMILES string of the molecule is c1ccc2c(c1)oc1ccc(N(c3ccc(C45CC6CC(CC(C6)C4)C5)cc3)c3ccc(C45CC6CC(CC(C6)C4)C5)cc3)cc12. The third-order valence-electron chi connectivity index (χ3n) is 14.2. The van der Waals surface area contributed by atoms with Gasteiger partial charge in [0.25, 0.3) is 0 Å². The fourth-order valence-corrected chi connectivity index (χ4v) is 13.2. The maximum absolute atomic E-state index is 6.25. The van der Waals surface area contributed by atoms with Crippen LogP contribution in [-0.4, -0.2) is 0 Å². The molecule has 0 spiro atoms. The molecule has 2 nitrogen and oxygen atoms in total. The smallest absolute Gasteiger partial charge is 0.135 e. The Kier molecular flexibility index (Phi) is 5.49. The Labute approximate surface area is 273 Å². The van der Waals surface area contributed by atoms with E-state index in [2.05, 4.69) is 95.9 Å². The first-order valence-electron chi connectivity index (χ1n) is 18.5. The Balaban J connectivity index is 0.997. The van der Waals surface area contributed by atoms with Crippen molar-refractivity contribution < 1.29 is 4.42 Å². The monoisotopic (exact) mass is 603 g/mol. The highest BCUT2D eigenvalue weighted by Gasteiger charge is 2.52. The molecule has 46 heavy (non-hydrogen) atoms. The van der Waals surface area contributed by atoms with Crippen LogP contribution >= 0.6 is 0 Å². The minimum Gasteiger partial charge on any atom is -0.456 e. The minimum atomic E-state index is 0.423. The summed E-state index contributed by atoms with van der Waals surface area (Å²) in [6.45, 7) is 0. The Morgan fingerprint density at radius 2 is 0.848 bits per heavy atom. The molecule has 0 atom stereocenters. The number of hydrogen-bond donors (Lipinski definition) is 0. The summed E-state index contributed by atoms with van der Waals surface area (Å²) in [7, 11) is 0. The Hall–Kier alpha value is -3.52. The van der Waals surface area contributed by atoms with E-state index in [1.54, 1.807) is 11.1 Å². The van der Waals surface area contributed by atoms with Gasteiger partial charge < -0.3 is 9.32 Å². The Morgan fingerprint density at radius 1 is 0.435 bits per heavy atom. The summed E-state index contributed by atoms with van der Waals surface area (Å²) in [6, 6.07) is 35.0. The lowest BCUT2D eigenvalue weighted by molar-refractivity contribution is -0.00529. The van der Waals surface area contributed by atoms with Crippen molar-refractivity contribution in [3.8, 4) is 0 Å². The Bertz CT molecular complexity index is 1800. The van der Waals surface area contributed by atoms with Crippen molar-refractivity contribution in [3.63, 3.8) is 0 Å². The largest absolute Gasteiger partial charge is 0.456 e. The fourth-order valence-electron chi connectivity index (χ4n) is 13.2. The van der Waals surface area contributed by atoms with E-state index < -0.39 is 0 Å². The van der Waals surface area contributed by atoms with Gasteiger partial charge in [0.1, 0.15) is 11.2 Å². The standard InChI is InChI=1S/C44H45NO/c1-2-4-41-39(3-1)40-21-38(13-14-42(40)46-41)45(36-9-5-34(6-10-36)43-22-28-15-29(23-43)17-30(16-28)24-43)37-11-7-35(8-12-37)44-25-31-18-32(26-44)20-33(19-31)27-44/h1-14,21,28-33H,15-20,22-27H2. The second-order valence-corrected chi connectivity index (χ2v) is 17.1. The van der Waals surface area contributed by atoms with Crippen molar-refractivity contribution in [2.75, 3.05) is 4.90 Å². The van der Waals surface area contributed by atoms with E-state index in [1.165, 1.54) is 105 Å². The number of benzene rings is 4. The van der Waals surface area contributed by atoms with Gasteiger partial charge in [-0.3, -0.25) is 0 Å². The summed E-state index contributed by atoms with van der Waals surface area (Å²) in [5.74, 6) is 5.79. The van der Waals surface area contributed by atoms with Crippen molar-refractivity contribution in [2.45, 2.75) is 87.9 Å². The van der Waals surface area contributed by atoms with Crippen LogP contribution in [0.25, 0.3) is 21.9 Å². The number of para-hydroxylation sites is 1. The van der Waals surface area contributed by atoms with Crippen molar-refractivity contribution >= 4 is 39.0 Å². The van der Waals surface area contributed by atoms with Crippen LogP contribution < -0.4 is 4.90 Å². The van der Waals surface area contributed by atoms with Gasteiger partial charge in [0.05, 0.1) is 0 Å². The van der Waals surface area contributed by atoms with E-state index in [0.717, 1.165) is 46.7 Å². The maximum atomic E-state index is 6.25. The number of hydrogen-bond acceptors (Lipinski definition) is 2. The highest BCUT2D eigenvalue weighted by molar-refractivity contribution is 6.06. The third kappa shape index (κ3) is 3.94. The summed E-state index contributed by atoms with van der Waals surface area (Å²) in [5, 5.41) is 2.38. The number of anilines is 3. The van der Waals surface area contributed by atoms with Gasteiger partial charge in [0, 0.05) is 27.8 Å². The number of fused-ring (bicyclic) bond motifs is 3. The molecule has 8 saturated carbocycles. The van der Waals surface area contributed by atoms with Crippen LogP contribution in [0.5, 0.6) is 0 Å². The molecule has 5 aromatic rings. The van der Waals surface area contributed by atoms with E-state index in [0.29, 0.717) is 10.8 Å². The summed E-state index contributed by atoms with van der Waals surface area (Å²) >= 11 is 0. The summed E-state index contributed by atoms with van der Waals surface area (Å²) in [6.07, 6.45) is 17.5. The van der Waals surface area contributed by atoms with Gasteiger partial charge in [0.2, 0.25) is 0 Å². The summed E-state index contributed by atoms with van der Waals surface area (Å²) < 4.78 is 6.25. The molecule has 8 aliphatic rings. The van der Waals surface area contributed by atoms with Gasteiger partial charge in [-0.2, -0.15) is 0 Å². The van der Waals surface area contributed by atoms with E-state index >= 15 is 0 Å². The normalized spacial score (nSPS) is 35.4. The Morgan fingerprint density at radius 3 is 1.33 bits per heavy atom. The molecule has 0 N–H and O–H groups in total. The van der Waals surface area contributed by atoms with Crippen LogP contribution in [0.15, 0.2) is 95.4 Å². The molecule has 0 aliphatic heterocycles. The molecule has 4 aromatic carbocycles. The third-order valence-corrected chi connectivity index (χ3v) is 14.2. The maximum Gasteiger partial charge on any atom is 0.135 e. The summed E-state index contributed by atoms with van der Waals surface area (Å²) in [5.41, 5.74) is 9.67. The molecular formula is C44H45NO. The molecular weight excluding hydrogens is 558 g/mol. The second-order valence-electron chi connectivity index (χ2n) is 17.1. The van der Waals surface area contributed by atoms with Crippen molar-refractivity contribution in [3.05, 3.63) is 102 Å². The molecule has 8 fully saturated rings. The highest BCUT2D eigenvalue weighted by Crippen LogP contribution is 2.62. The van der Waals surface area contributed by atoms with Crippen LogP contribution in [-0.2, 0) is 10.8 Å². The van der Waals surface area contributed by atoms with Gasteiger partial charge in [-0.15, -0.1) is 0 Å². The molecule has 232 valence electrons. The summed E-state index contributed by atoms with van der Waals surface area (Å²) in [4.78, 5) is 2.49. The lowest BCUT2D eigenvalue weighted by Gasteiger charge is -2.57. The molecule has 0 unspecified atom stereocenters. The first-order valence-corrected chi connectivity index (χ1v) is 18.5. The molecule has 1 heterocycles. The zero-order valence-electron chi connectivity index (χ0n) is 27.0. The predicted molar refractivity (Wildman–Crippen MR) is 188 cm³/mol. The molecule has 2 heteroatoms. The van der Waals surface area contributed by atoms with Crippen LogP contribution in [0.1, 0.15) is 88.2 Å². The van der Waals surface area contributed by atoms with Crippen molar-refractivity contribution in [1.29, 1.82) is 0 Å². The molecule has 0 radical (unpaired) electrons. The average molecular weight is 604 g/mol. The van der Waals surface area contributed by atoms with Crippen LogP contribution in [0.4, 0.5) is 17.1 Å². The molecule has 0 amide bonds. The van der Waals surface area contributed by atoms with Crippen LogP contribution in [0.2, 0.25) is 0 Å². The number of furan rings is 1. The first-order chi connectivity index (χ1) is 22.6. The van der Waals surface area contributed by atoms with Crippen molar-refractivity contribution in [2.24, 2.45) is 35.5 Å². The van der Waals surface area contributed by atoms with Crippen molar-refractivity contribution in [1.82, 2.24) is 0 Å². The molecule has 8 bridgehead atoms. The van der Waals surface area contributed by atoms with Gasteiger partial charge in [0.15, 0.2) is 0 Å². The zero-order valence-corrected chi connectivity index (χ0v) is 27.0. The lowest BCUT2D eigenvalue weighted by atomic mass is 9.48. The van der Waals surface area contributed by atoms with Gasteiger partial charge in [-0.05, 0) is 183 Å². The van der Waals surface area contributed by atoms with Gasteiger partial charge in [-0.25, -0.2) is 0 Å². The molecule has 1 aromatic heterocycles. The van der Waals surface area contributed by atoms with Crippen LogP contribution in [0.3, 0.4) is 0 Å². The fraction of sp³-hybridized carbons (Fsp3) is 0.455. The highest BCUT2D eigenvalue weighted by atomic mass is 16.3.